The first-order valence-corrected chi connectivity index (χ1v) is 9.42. The number of nitrogens with zero attached hydrogens (tertiary/aromatic N) is 1. The number of carbonyl (C=O) groups excluding carboxylic acids is 2. The molecule has 0 saturated heterocycles. The van der Waals surface area contributed by atoms with Crippen molar-refractivity contribution in [2.75, 3.05) is 6.54 Å². The predicted octanol–water partition coefficient (Wildman–Crippen LogP) is 3.53. The number of amides is 2. The molecule has 1 aliphatic heterocycles. The summed E-state index contributed by atoms with van der Waals surface area (Å²) in [7, 11) is 0. The Kier molecular flexibility index (Phi) is 5.57. The molecule has 0 aromatic heterocycles. The van der Waals surface area contributed by atoms with Crippen LogP contribution in [0, 0.1) is 0 Å². The Morgan fingerprint density at radius 3 is 2.80 bits per heavy atom. The Bertz CT molecular complexity index is 678. The van der Waals surface area contributed by atoms with Gasteiger partial charge in [0.05, 0.1) is 6.42 Å². The summed E-state index contributed by atoms with van der Waals surface area (Å²) in [6, 6.07) is 7.29. The largest absolute Gasteiger partial charge is 0.354 e. The fourth-order valence-corrected chi connectivity index (χ4v) is 3.94. The van der Waals surface area contributed by atoms with Gasteiger partial charge in [-0.05, 0) is 57.1 Å². The number of carbonyl (C=O) groups is 2. The van der Waals surface area contributed by atoms with Crippen molar-refractivity contribution in [1.82, 2.24) is 10.2 Å². The maximum Gasteiger partial charge on any atom is 0.247 e. The predicted molar refractivity (Wildman–Crippen MR) is 99.0 cm³/mol. The standard InChI is InChI=1S/C21H28N2O2/c1-15(2)23-19(24)14-17-10-6-7-11-18(17)20(23)21(25)22-13-12-16-8-4-3-5-9-16/h6-8,10-11,15,20H,3-5,9,12-14H2,1-2H3,(H,22,25). The summed E-state index contributed by atoms with van der Waals surface area (Å²) in [5.74, 6) is -0.0329. The molecule has 1 heterocycles. The molecule has 25 heavy (non-hydrogen) atoms. The third-order valence-electron chi connectivity index (χ3n) is 5.19. The third-order valence-corrected chi connectivity index (χ3v) is 5.19. The number of hydrogen-bond acceptors (Lipinski definition) is 2. The molecule has 1 N–H and O–H groups in total. The van der Waals surface area contributed by atoms with Gasteiger partial charge >= 0.3 is 0 Å². The zero-order valence-corrected chi connectivity index (χ0v) is 15.3. The Hall–Kier alpha value is -2.10. The zero-order valence-electron chi connectivity index (χ0n) is 15.3. The number of nitrogens with one attached hydrogen (secondary N) is 1. The minimum atomic E-state index is -0.516. The van der Waals surface area contributed by atoms with Gasteiger partial charge < -0.3 is 10.2 Å². The quantitative estimate of drug-likeness (QED) is 0.834. The van der Waals surface area contributed by atoms with Gasteiger partial charge in [0.15, 0.2) is 0 Å². The number of hydrogen-bond donors (Lipinski definition) is 1. The van der Waals surface area contributed by atoms with Crippen molar-refractivity contribution in [3.05, 3.63) is 47.0 Å². The number of allylic oxidation sites excluding steroid dienone is 1. The van der Waals surface area contributed by atoms with Crippen LogP contribution >= 0.6 is 0 Å². The highest BCUT2D eigenvalue weighted by atomic mass is 16.2. The Balaban J connectivity index is 1.73. The van der Waals surface area contributed by atoms with E-state index in [4.69, 9.17) is 0 Å². The Morgan fingerprint density at radius 1 is 1.28 bits per heavy atom. The van der Waals surface area contributed by atoms with Crippen LogP contribution in [0.3, 0.4) is 0 Å². The van der Waals surface area contributed by atoms with Crippen LogP contribution in [0.2, 0.25) is 0 Å². The zero-order chi connectivity index (χ0) is 17.8. The average Bonchev–Trinajstić information content (AvgIpc) is 2.61. The lowest BCUT2D eigenvalue weighted by molar-refractivity contribution is -0.143. The molecule has 4 nitrogen and oxygen atoms in total. The number of rotatable bonds is 5. The van der Waals surface area contributed by atoms with Gasteiger partial charge in [0.1, 0.15) is 6.04 Å². The van der Waals surface area contributed by atoms with Crippen LogP contribution in [0.5, 0.6) is 0 Å². The van der Waals surface area contributed by atoms with Gasteiger partial charge in [0.25, 0.3) is 0 Å². The van der Waals surface area contributed by atoms with Crippen molar-refractivity contribution in [2.45, 2.75) is 64.5 Å². The topological polar surface area (TPSA) is 49.4 Å². The minimum Gasteiger partial charge on any atom is -0.354 e. The van der Waals surface area contributed by atoms with Crippen LogP contribution < -0.4 is 5.32 Å². The van der Waals surface area contributed by atoms with Crippen molar-refractivity contribution in [3.63, 3.8) is 0 Å². The van der Waals surface area contributed by atoms with E-state index in [0.29, 0.717) is 13.0 Å². The summed E-state index contributed by atoms with van der Waals surface area (Å²) in [6.07, 6.45) is 8.45. The molecule has 1 aliphatic carbocycles. The fourth-order valence-electron chi connectivity index (χ4n) is 3.94. The van der Waals surface area contributed by atoms with Gasteiger partial charge in [-0.3, -0.25) is 9.59 Å². The van der Waals surface area contributed by atoms with E-state index in [9.17, 15) is 9.59 Å². The molecule has 2 aliphatic rings. The third kappa shape index (κ3) is 3.94. The van der Waals surface area contributed by atoms with E-state index in [1.165, 1.54) is 18.4 Å². The number of benzene rings is 1. The van der Waals surface area contributed by atoms with Crippen LogP contribution in [-0.2, 0) is 16.0 Å². The van der Waals surface area contributed by atoms with Gasteiger partial charge in [0, 0.05) is 12.6 Å². The van der Waals surface area contributed by atoms with Crippen molar-refractivity contribution in [3.8, 4) is 0 Å². The van der Waals surface area contributed by atoms with Crippen LogP contribution in [0.1, 0.15) is 63.1 Å². The second-order valence-electron chi connectivity index (χ2n) is 7.32. The molecule has 1 aromatic carbocycles. The first-order valence-electron chi connectivity index (χ1n) is 9.42. The highest BCUT2D eigenvalue weighted by molar-refractivity contribution is 5.92. The lowest BCUT2D eigenvalue weighted by Gasteiger charge is -2.39. The molecular formula is C21H28N2O2. The first kappa shape index (κ1) is 17.7. The lowest BCUT2D eigenvalue weighted by Crippen LogP contribution is -2.50. The molecule has 1 unspecified atom stereocenters. The summed E-state index contributed by atoms with van der Waals surface area (Å²) in [4.78, 5) is 27.2. The van der Waals surface area contributed by atoms with Crippen molar-refractivity contribution < 1.29 is 9.59 Å². The molecule has 0 bridgehead atoms. The fraction of sp³-hybridized carbons (Fsp3) is 0.524. The molecule has 0 saturated carbocycles. The normalized spacial score (nSPS) is 20.3. The molecule has 3 rings (SSSR count). The van der Waals surface area contributed by atoms with Crippen molar-refractivity contribution in [2.24, 2.45) is 0 Å². The molecule has 0 radical (unpaired) electrons. The van der Waals surface area contributed by atoms with E-state index < -0.39 is 6.04 Å². The molecule has 1 atom stereocenters. The van der Waals surface area contributed by atoms with Crippen LogP contribution in [0.25, 0.3) is 0 Å². The van der Waals surface area contributed by atoms with Crippen LogP contribution in [0.4, 0.5) is 0 Å². The Morgan fingerprint density at radius 2 is 2.08 bits per heavy atom. The van der Waals surface area contributed by atoms with Crippen molar-refractivity contribution in [1.29, 1.82) is 0 Å². The van der Waals surface area contributed by atoms with E-state index in [1.54, 1.807) is 4.90 Å². The van der Waals surface area contributed by atoms with Crippen molar-refractivity contribution >= 4 is 11.8 Å². The molecule has 2 amide bonds. The molecule has 4 heteroatoms. The second kappa shape index (κ2) is 7.85. The van der Waals surface area contributed by atoms with Gasteiger partial charge in [-0.25, -0.2) is 0 Å². The monoisotopic (exact) mass is 340 g/mol. The van der Waals surface area contributed by atoms with Crippen LogP contribution in [0.15, 0.2) is 35.9 Å². The molecule has 0 spiro atoms. The van der Waals surface area contributed by atoms with E-state index in [1.807, 2.05) is 38.1 Å². The van der Waals surface area contributed by atoms with E-state index in [-0.39, 0.29) is 17.9 Å². The van der Waals surface area contributed by atoms with Gasteiger partial charge in [0.2, 0.25) is 11.8 Å². The molecule has 1 aromatic rings. The SMILES string of the molecule is CC(C)N1C(=O)Cc2ccccc2C1C(=O)NCCC1=CCCCC1. The smallest absolute Gasteiger partial charge is 0.247 e. The second-order valence-corrected chi connectivity index (χ2v) is 7.32. The highest BCUT2D eigenvalue weighted by Crippen LogP contribution is 2.32. The minimum absolute atomic E-state index is 0.00217. The maximum absolute atomic E-state index is 12.9. The highest BCUT2D eigenvalue weighted by Gasteiger charge is 2.38. The summed E-state index contributed by atoms with van der Waals surface area (Å²) in [5, 5.41) is 3.07. The van der Waals surface area contributed by atoms with Crippen LogP contribution in [-0.4, -0.2) is 29.3 Å². The van der Waals surface area contributed by atoms with Gasteiger partial charge in [-0.15, -0.1) is 0 Å². The first-order chi connectivity index (χ1) is 12.1. The van der Waals surface area contributed by atoms with E-state index >= 15 is 0 Å². The average molecular weight is 340 g/mol. The summed E-state index contributed by atoms with van der Waals surface area (Å²) in [6.45, 7) is 4.58. The molecule has 134 valence electrons. The summed E-state index contributed by atoms with van der Waals surface area (Å²) >= 11 is 0. The molecule has 0 fully saturated rings. The summed E-state index contributed by atoms with van der Waals surface area (Å²) in [5.41, 5.74) is 3.39. The van der Waals surface area contributed by atoms with E-state index in [0.717, 1.165) is 30.4 Å². The summed E-state index contributed by atoms with van der Waals surface area (Å²) < 4.78 is 0. The maximum atomic E-state index is 12.9. The lowest BCUT2D eigenvalue weighted by atomic mass is 9.90. The number of fused-ring (bicyclic) bond motifs is 1. The Labute approximate surface area is 150 Å². The molecular weight excluding hydrogens is 312 g/mol. The van der Waals surface area contributed by atoms with E-state index in [2.05, 4.69) is 11.4 Å². The van der Waals surface area contributed by atoms with Gasteiger partial charge in [-0.2, -0.15) is 0 Å². The van der Waals surface area contributed by atoms with Gasteiger partial charge in [-0.1, -0.05) is 35.9 Å².